The highest BCUT2D eigenvalue weighted by atomic mass is 16.2. The number of nitrogens with one attached hydrogen (secondary N) is 1. The first-order chi connectivity index (χ1) is 11.2. The van der Waals surface area contributed by atoms with Crippen molar-refractivity contribution in [1.82, 2.24) is 14.5 Å². The Morgan fingerprint density at radius 1 is 1.30 bits per heavy atom. The van der Waals surface area contributed by atoms with Crippen LogP contribution in [0.25, 0.3) is 0 Å². The van der Waals surface area contributed by atoms with Gasteiger partial charge in [-0.05, 0) is 18.6 Å². The lowest BCUT2D eigenvalue weighted by molar-refractivity contribution is -0.673. The maximum Gasteiger partial charge on any atom is 0.276 e. The summed E-state index contributed by atoms with van der Waals surface area (Å²) in [6.45, 7) is 2.83. The number of fused-ring (bicyclic) bond motifs is 4. The molecule has 2 bridgehead atoms. The highest BCUT2D eigenvalue weighted by molar-refractivity contribution is 6.02. The number of nitrogens with zero attached hydrogens (tertiary/aromatic N) is 3. The van der Waals surface area contributed by atoms with E-state index in [2.05, 4.69) is 20.6 Å². The van der Waals surface area contributed by atoms with Gasteiger partial charge in [0.1, 0.15) is 11.4 Å². The molecule has 0 saturated carbocycles. The molecule has 0 aliphatic carbocycles. The highest BCUT2D eigenvalue weighted by Crippen LogP contribution is 2.30. The summed E-state index contributed by atoms with van der Waals surface area (Å²) in [7, 11) is 0. The van der Waals surface area contributed by atoms with E-state index in [1.165, 1.54) is 18.6 Å². The third-order valence-electron chi connectivity index (χ3n) is 4.68. The average Bonchev–Trinajstić information content (AvgIpc) is 2.59. The lowest BCUT2D eigenvalue weighted by atomic mass is 9.84. The molecule has 0 aromatic carbocycles. The molecule has 3 N–H and O–H groups in total. The van der Waals surface area contributed by atoms with E-state index in [4.69, 9.17) is 0 Å². The van der Waals surface area contributed by atoms with Crippen LogP contribution < -0.4 is 16.2 Å². The number of rotatable bonds is 2. The zero-order valence-electron chi connectivity index (χ0n) is 12.6. The first-order valence-corrected chi connectivity index (χ1v) is 7.85. The molecule has 4 rings (SSSR count). The summed E-state index contributed by atoms with van der Waals surface area (Å²) in [5, 5.41) is 4.99. The zero-order valence-corrected chi connectivity index (χ0v) is 12.6. The van der Waals surface area contributed by atoms with E-state index >= 15 is 0 Å². The van der Waals surface area contributed by atoms with Crippen molar-refractivity contribution < 1.29 is 10.1 Å². The lowest BCUT2D eigenvalue weighted by Crippen LogP contribution is -2.89. The lowest BCUT2D eigenvalue weighted by Gasteiger charge is -2.35. The van der Waals surface area contributed by atoms with E-state index in [1.54, 1.807) is 6.07 Å². The molecule has 1 fully saturated rings. The number of hydrogen-bond donors (Lipinski definition) is 2. The summed E-state index contributed by atoms with van der Waals surface area (Å²) in [6.07, 6.45) is 5.49. The predicted molar refractivity (Wildman–Crippen MR) is 83.2 cm³/mol. The van der Waals surface area contributed by atoms with Crippen molar-refractivity contribution in [2.45, 2.75) is 18.9 Å². The topological polar surface area (TPSA) is 93.5 Å². The van der Waals surface area contributed by atoms with E-state index in [-0.39, 0.29) is 11.3 Å². The Bertz CT molecular complexity index is 802. The minimum Gasteiger partial charge on any atom is -0.345 e. The molecule has 2 aromatic heterocycles. The number of carbonyl (C=O) groups is 1. The van der Waals surface area contributed by atoms with Crippen molar-refractivity contribution in [3.8, 4) is 0 Å². The van der Waals surface area contributed by atoms with Gasteiger partial charge in [-0.25, -0.2) is 4.98 Å². The van der Waals surface area contributed by atoms with E-state index in [0.717, 1.165) is 31.7 Å². The van der Waals surface area contributed by atoms with Crippen LogP contribution in [0, 0.1) is 5.92 Å². The van der Waals surface area contributed by atoms with Gasteiger partial charge in [-0.3, -0.25) is 14.6 Å². The molecule has 118 valence electrons. The second-order valence-electron chi connectivity index (χ2n) is 6.19. The van der Waals surface area contributed by atoms with Crippen molar-refractivity contribution in [2.75, 3.05) is 18.4 Å². The number of piperidine rings is 1. The normalized spacial score (nSPS) is 22.3. The zero-order chi connectivity index (χ0) is 15.8. The summed E-state index contributed by atoms with van der Waals surface area (Å²) in [4.78, 5) is 32.7. The summed E-state index contributed by atoms with van der Waals surface area (Å²) >= 11 is 0. The molecule has 0 spiro atoms. The fourth-order valence-electron chi connectivity index (χ4n) is 3.61. The molecule has 2 aliphatic heterocycles. The van der Waals surface area contributed by atoms with Crippen LogP contribution in [0.4, 0.5) is 5.69 Å². The van der Waals surface area contributed by atoms with Gasteiger partial charge in [-0.1, -0.05) is 0 Å². The smallest absolute Gasteiger partial charge is 0.276 e. The van der Waals surface area contributed by atoms with Gasteiger partial charge in [0.15, 0.2) is 0 Å². The van der Waals surface area contributed by atoms with Gasteiger partial charge < -0.3 is 15.2 Å². The SMILES string of the molecule is O=C(Nc1ccc2n(c1=O)C[C@@H]1C[NH2+]C[C@H]2C1)c1cnccn1. The van der Waals surface area contributed by atoms with Crippen molar-refractivity contribution in [3.05, 3.63) is 52.5 Å². The van der Waals surface area contributed by atoms with Gasteiger partial charge in [0.2, 0.25) is 0 Å². The number of hydrogen-bond acceptors (Lipinski definition) is 4. The van der Waals surface area contributed by atoms with Crippen LogP contribution >= 0.6 is 0 Å². The Labute approximate surface area is 132 Å². The molecule has 2 atom stereocenters. The molecule has 7 nitrogen and oxygen atoms in total. The predicted octanol–water partition coefficient (Wildman–Crippen LogP) is -0.429. The van der Waals surface area contributed by atoms with E-state index in [1.807, 2.05) is 10.6 Å². The second kappa shape index (κ2) is 5.58. The van der Waals surface area contributed by atoms with Crippen LogP contribution in [0.2, 0.25) is 0 Å². The monoisotopic (exact) mass is 312 g/mol. The van der Waals surface area contributed by atoms with Crippen LogP contribution in [-0.4, -0.2) is 33.5 Å². The fourth-order valence-corrected chi connectivity index (χ4v) is 3.61. The van der Waals surface area contributed by atoms with Gasteiger partial charge in [-0.2, -0.15) is 0 Å². The minimum atomic E-state index is -0.417. The number of amides is 1. The van der Waals surface area contributed by atoms with Crippen molar-refractivity contribution >= 4 is 11.6 Å². The first kappa shape index (κ1) is 14.1. The minimum absolute atomic E-state index is 0.128. The summed E-state index contributed by atoms with van der Waals surface area (Å²) in [6, 6.07) is 3.67. The summed E-state index contributed by atoms with van der Waals surface area (Å²) in [5.74, 6) is 0.546. The molecular weight excluding hydrogens is 294 g/mol. The molecule has 7 heteroatoms. The highest BCUT2D eigenvalue weighted by Gasteiger charge is 2.33. The molecular formula is C16H18N5O2+. The number of pyridine rings is 1. The quantitative estimate of drug-likeness (QED) is 0.787. The second-order valence-corrected chi connectivity index (χ2v) is 6.19. The molecule has 2 aliphatic rings. The number of nitrogens with two attached hydrogens (primary N) is 1. The molecule has 23 heavy (non-hydrogen) atoms. The fraction of sp³-hybridized carbons (Fsp3) is 0.375. The Morgan fingerprint density at radius 2 is 2.22 bits per heavy atom. The van der Waals surface area contributed by atoms with Gasteiger partial charge in [0, 0.05) is 36.5 Å². The van der Waals surface area contributed by atoms with Crippen LogP contribution in [-0.2, 0) is 6.54 Å². The molecule has 1 amide bonds. The van der Waals surface area contributed by atoms with Crippen LogP contribution in [0.3, 0.4) is 0 Å². The average molecular weight is 312 g/mol. The Balaban J connectivity index is 1.65. The number of quaternary nitrogens is 1. The van der Waals surface area contributed by atoms with Gasteiger partial charge in [0.25, 0.3) is 11.5 Å². The number of aromatic nitrogens is 3. The van der Waals surface area contributed by atoms with E-state index in [9.17, 15) is 9.59 Å². The third-order valence-corrected chi connectivity index (χ3v) is 4.68. The van der Waals surface area contributed by atoms with Crippen molar-refractivity contribution in [2.24, 2.45) is 5.92 Å². The van der Waals surface area contributed by atoms with Crippen LogP contribution in [0.15, 0.2) is 35.5 Å². The molecule has 0 unspecified atom stereocenters. The van der Waals surface area contributed by atoms with Gasteiger partial charge in [0.05, 0.1) is 19.3 Å². The first-order valence-electron chi connectivity index (χ1n) is 7.85. The molecule has 4 heterocycles. The van der Waals surface area contributed by atoms with Crippen LogP contribution in [0.1, 0.15) is 28.5 Å². The standard InChI is InChI=1S/C16H17N5O2/c22-15(13-8-17-3-4-19-13)20-12-1-2-14-11-5-10(6-18-7-11)9-21(14)16(12)23/h1-4,8,10-11,18H,5-7,9H2,(H,20,22)/p+1/t10-,11+/m0/s1. The van der Waals surface area contributed by atoms with Gasteiger partial charge >= 0.3 is 0 Å². The van der Waals surface area contributed by atoms with E-state index in [0.29, 0.717) is 17.5 Å². The number of carbonyl (C=O) groups excluding carboxylic acids is 1. The summed E-state index contributed by atoms with van der Waals surface area (Å²) < 4.78 is 1.83. The van der Waals surface area contributed by atoms with Crippen LogP contribution in [0.5, 0.6) is 0 Å². The molecule has 0 radical (unpaired) electrons. The maximum atomic E-state index is 12.7. The van der Waals surface area contributed by atoms with Gasteiger partial charge in [-0.15, -0.1) is 0 Å². The summed E-state index contributed by atoms with van der Waals surface area (Å²) in [5.41, 5.74) is 1.45. The number of anilines is 1. The third kappa shape index (κ3) is 2.53. The molecule has 1 saturated heterocycles. The van der Waals surface area contributed by atoms with E-state index < -0.39 is 5.91 Å². The largest absolute Gasteiger partial charge is 0.345 e. The maximum absolute atomic E-state index is 12.7. The Kier molecular flexibility index (Phi) is 3.42. The Hall–Kier alpha value is -2.54. The Morgan fingerprint density at radius 3 is 3.04 bits per heavy atom. The van der Waals surface area contributed by atoms with Crippen molar-refractivity contribution in [3.63, 3.8) is 0 Å². The molecule has 2 aromatic rings. The van der Waals surface area contributed by atoms with Crippen molar-refractivity contribution in [1.29, 1.82) is 0 Å².